The molecule has 2 amide bonds. The molecule has 5 bridgehead atoms. The maximum absolute atomic E-state index is 13.1. The van der Waals surface area contributed by atoms with E-state index < -0.39 is 30.3 Å². The van der Waals surface area contributed by atoms with Crippen molar-refractivity contribution in [3.8, 4) is 0 Å². The number of esters is 1. The number of aromatic nitrogens is 1. The van der Waals surface area contributed by atoms with E-state index in [1.807, 2.05) is 63.3 Å². The summed E-state index contributed by atoms with van der Waals surface area (Å²) >= 11 is 0. The van der Waals surface area contributed by atoms with E-state index in [0.29, 0.717) is 31.7 Å². The molecule has 1 saturated heterocycles. The number of hydrogen-bond acceptors (Lipinski definition) is 7. The zero-order valence-corrected chi connectivity index (χ0v) is 22.8. The molecule has 2 aromatic rings. The highest BCUT2D eigenvalue weighted by atomic mass is 16.5. The maximum atomic E-state index is 13.1. The van der Waals surface area contributed by atoms with Crippen LogP contribution in [0.1, 0.15) is 64.8 Å². The second-order valence-corrected chi connectivity index (χ2v) is 10.6. The normalized spacial score (nSPS) is 27.9. The van der Waals surface area contributed by atoms with Crippen LogP contribution in [0.15, 0.2) is 36.4 Å². The summed E-state index contributed by atoms with van der Waals surface area (Å²) in [6.07, 6.45) is 3.97. The van der Waals surface area contributed by atoms with E-state index in [1.54, 1.807) is 13.8 Å². The number of carbonyl (C=O) groups is 3. The van der Waals surface area contributed by atoms with Crippen molar-refractivity contribution in [1.29, 1.82) is 0 Å². The highest BCUT2D eigenvalue weighted by Gasteiger charge is 2.33. The Morgan fingerprint density at radius 2 is 1.84 bits per heavy atom. The maximum Gasteiger partial charge on any atom is 0.325 e. The number of amides is 2. The van der Waals surface area contributed by atoms with Gasteiger partial charge in [0.15, 0.2) is 0 Å². The number of rotatable bonds is 1. The lowest BCUT2D eigenvalue weighted by molar-refractivity contribution is -0.157. The molecular formula is C29H38N4O5. The Morgan fingerprint density at radius 1 is 1.08 bits per heavy atom. The summed E-state index contributed by atoms with van der Waals surface area (Å²) in [6, 6.07) is 8.41. The Hall–Kier alpha value is -3.30. The molecule has 0 spiro atoms. The van der Waals surface area contributed by atoms with Gasteiger partial charge in [-0.15, -0.1) is 0 Å². The zero-order valence-electron chi connectivity index (χ0n) is 22.8. The molecule has 5 atom stereocenters. The summed E-state index contributed by atoms with van der Waals surface area (Å²) in [7, 11) is 0. The molecule has 2 aliphatic rings. The zero-order chi connectivity index (χ0) is 27.4. The molecule has 0 saturated carbocycles. The van der Waals surface area contributed by atoms with Gasteiger partial charge < -0.3 is 14.8 Å². The molecule has 1 unspecified atom stereocenters. The Morgan fingerprint density at radius 3 is 2.61 bits per heavy atom. The van der Waals surface area contributed by atoms with E-state index in [9.17, 15) is 14.4 Å². The average molecular weight is 523 g/mol. The molecule has 0 aliphatic carbocycles. The summed E-state index contributed by atoms with van der Waals surface area (Å²) in [6.45, 7) is 10.1. The highest BCUT2D eigenvalue weighted by molar-refractivity contribution is 5.89. The largest absolute Gasteiger partial charge is 0.455 e. The lowest BCUT2D eigenvalue weighted by atomic mass is 10.0. The minimum atomic E-state index is -0.790. The fourth-order valence-electron chi connectivity index (χ4n) is 4.66. The van der Waals surface area contributed by atoms with Gasteiger partial charge in [-0.3, -0.25) is 19.4 Å². The Balaban J connectivity index is 1.64. The number of nitrogens with zero attached hydrogens (tertiary/aromatic N) is 2. The van der Waals surface area contributed by atoms with Crippen molar-refractivity contribution in [2.45, 2.75) is 71.8 Å². The lowest BCUT2D eigenvalue weighted by Crippen LogP contribution is -2.60. The molecule has 9 nitrogen and oxygen atoms in total. The van der Waals surface area contributed by atoms with Gasteiger partial charge in [-0.25, -0.2) is 10.4 Å². The Kier molecular flexibility index (Phi) is 8.79. The van der Waals surface area contributed by atoms with Crippen LogP contribution in [0, 0.1) is 11.8 Å². The van der Waals surface area contributed by atoms with Crippen molar-refractivity contribution in [2.75, 3.05) is 13.2 Å². The first-order valence-corrected chi connectivity index (χ1v) is 13.4. The molecule has 0 radical (unpaired) electrons. The van der Waals surface area contributed by atoms with E-state index >= 15 is 0 Å². The molecule has 1 aromatic heterocycles. The summed E-state index contributed by atoms with van der Waals surface area (Å²) in [5, 5.41) is 5.19. The van der Waals surface area contributed by atoms with Gasteiger partial charge in [0, 0.05) is 11.9 Å². The van der Waals surface area contributed by atoms with E-state index in [0.717, 1.165) is 16.5 Å². The van der Waals surface area contributed by atoms with Crippen LogP contribution in [0.4, 0.5) is 0 Å². The molecule has 204 valence electrons. The summed E-state index contributed by atoms with van der Waals surface area (Å²) in [5.74, 6) is -1.12. The van der Waals surface area contributed by atoms with Crippen LogP contribution in [-0.2, 0) is 23.9 Å². The number of hydrogen-bond donors (Lipinski definition) is 2. The van der Waals surface area contributed by atoms with Crippen LogP contribution in [0.3, 0.4) is 0 Å². The minimum Gasteiger partial charge on any atom is -0.455 e. The first-order chi connectivity index (χ1) is 18.1. The SMILES string of the molecule is CC1C=Cc2ccc3ccc(nc3c2)[C@@H](C)OC(=O)[C@@H]2CCCN(N2)C(=O)[C@H](C)NC(=O)[C@H](C(C)C)OC1. The molecule has 2 N–H and O–H groups in total. The quantitative estimate of drug-likeness (QED) is 0.551. The van der Waals surface area contributed by atoms with Crippen molar-refractivity contribution < 1.29 is 23.9 Å². The number of ether oxygens (including phenoxy) is 2. The third kappa shape index (κ3) is 6.57. The minimum absolute atomic E-state index is 0.0566. The van der Waals surface area contributed by atoms with Gasteiger partial charge in [-0.2, -0.15) is 0 Å². The monoisotopic (exact) mass is 522 g/mol. The van der Waals surface area contributed by atoms with Crippen molar-refractivity contribution in [1.82, 2.24) is 20.7 Å². The summed E-state index contributed by atoms with van der Waals surface area (Å²) < 4.78 is 11.8. The van der Waals surface area contributed by atoms with E-state index in [1.165, 1.54) is 5.01 Å². The highest BCUT2D eigenvalue weighted by Crippen LogP contribution is 2.23. The molecule has 1 fully saturated rings. The predicted molar refractivity (Wildman–Crippen MR) is 145 cm³/mol. The van der Waals surface area contributed by atoms with Crippen molar-refractivity contribution in [3.05, 3.63) is 47.7 Å². The number of cyclic esters (lactones) is 1. The number of hydrazine groups is 1. The topological polar surface area (TPSA) is 110 Å². The fourth-order valence-corrected chi connectivity index (χ4v) is 4.66. The van der Waals surface area contributed by atoms with Crippen molar-refractivity contribution in [2.24, 2.45) is 11.8 Å². The second kappa shape index (κ2) is 12.0. The van der Waals surface area contributed by atoms with Crippen LogP contribution >= 0.6 is 0 Å². The fraction of sp³-hybridized carbons (Fsp3) is 0.517. The molecular weight excluding hydrogens is 484 g/mol. The number of nitrogens with one attached hydrogen (secondary N) is 2. The van der Waals surface area contributed by atoms with E-state index in [2.05, 4.69) is 10.7 Å². The van der Waals surface area contributed by atoms with Crippen LogP contribution in [0.25, 0.3) is 17.0 Å². The smallest absolute Gasteiger partial charge is 0.325 e. The molecule has 38 heavy (non-hydrogen) atoms. The summed E-state index contributed by atoms with van der Waals surface area (Å²) in [4.78, 5) is 43.9. The van der Waals surface area contributed by atoms with Gasteiger partial charge >= 0.3 is 5.97 Å². The third-order valence-electron chi connectivity index (χ3n) is 6.93. The second-order valence-electron chi connectivity index (χ2n) is 10.6. The van der Waals surface area contributed by atoms with Crippen molar-refractivity contribution >= 4 is 34.8 Å². The Bertz CT molecular complexity index is 1210. The Labute approximate surface area is 223 Å². The van der Waals surface area contributed by atoms with Gasteiger partial charge in [-0.1, -0.05) is 51.1 Å². The third-order valence-corrected chi connectivity index (χ3v) is 6.93. The number of carbonyl (C=O) groups excluding carboxylic acids is 3. The number of benzene rings is 1. The number of pyridine rings is 1. The molecule has 3 heterocycles. The molecule has 4 rings (SSSR count). The lowest BCUT2D eigenvalue weighted by Gasteiger charge is -2.35. The van der Waals surface area contributed by atoms with Crippen LogP contribution in [0.2, 0.25) is 0 Å². The first-order valence-electron chi connectivity index (χ1n) is 13.4. The number of fused-ring (bicyclic) bond motifs is 4. The first kappa shape index (κ1) is 27.7. The molecule has 2 aliphatic heterocycles. The van der Waals surface area contributed by atoms with Crippen molar-refractivity contribution in [3.63, 3.8) is 0 Å². The molecule has 1 aromatic carbocycles. The molecule has 9 heteroatoms. The van der Waals surface area contributed by atoms with Crippen LogP contribution in [-0.4, -0.2) is 59.1 Å². The van der Waals surface area contributed by atoms with Crippen LogP contribution < -0.4 is 10.7 Å². The van der Waals surface area contributed by atoms with Crippen LogP contribution in [0.5, 0.6) is 0 Å². The van der Waals surface area contributed by atoms with Gasteiger partial charge in [0.25, 0.3) is 5.91 Å². The van der Waals surface area contributed by atoms with Gasteiger partial charge in [0.05, 0.1) is 17.8 Å². The van der Waals surface area contributed by atoms with Gasteiger partial charge in [-0.05, 0) is 56.2 Å². The van der Waals surface area contributed by atoms with Gasteiger partial charge in [0.2, 0.25) is 5.91 Å². The average Bonchev–Trinajstić information content (AvgIpc) is 2.90. The van der Waals surface area contributed by atoms with E-state index in [4.69, 9.17) is 14.5 Å². The predicted octanol–water partition coefficient (Wildman–Crippen LogP) is 3.54. The van der Waals surface area contributed by atoms with Gasteiger partial charge in [0.1, 0.15) is 24.3 Å². The standard InChI is InChI=1S/C29H38N4O5/c1-17(2)26-27(34)30-19(4)28(35)33-14-6-7-24(32-33)29(36)38-20(5)23-13-12-22-11-10-21(15-25(22)31-23)9-8-18(3)16-37-26/h8-13,15,17-20,24,26,32H,6-7,14,16H2,1-5H3,(H,30,34)/t18?,19-,20+,24-,26-/m0/s1. The van der Waals surface area contributed by atoms with E-state index in [-0.39, 0.29) is 23.7 Å². The summed E-state index contributed by atoms with van der Waals surface area (Å²) in [5.41, 5.74) is 5.45.